The van der Waals surface area contributed by atoms with Crippen molar-refractivity contribution in [3.05, 3.63) is 321 Å². The molecule has 422 valence electrons. The predicted octanol–water partition coefficient (Wildman–Crippen LogP) is 21.3. The maximum atomic E-state index is 15.6. The van der Waals surface area contributed by atoms with Crippen LogP contribution in [0.25, 0.3) is 160 Å². The van der Waals surface area contributed by atoms with Gasteiger partial charge >= 0.3 is 0 Å². The minimum Gasteiger partial charge on any atom is -0.308 e. The Balaban J connectivity index is 1.01. The van der Waals surface area contributed by atoms with Crippen LogP contribution in [0.1, 0.15) is 0 Å². The highest BCUT2D eigenvalue weighted by Gasteiger charge is 2.26. The highest BCUT2D eigenvalue weighted by molar-refractivity contribution is 6.15. The van der Waals surface area contributed by atoms with Gasteiger partial charge in [0.1, 0.15) is 11.6 Å². The zero-order valence-electron chi connectivity index (χ0n) is 48.2. The standard InChI is InChI=1S/C81H49F2N7/c1-84-71-50-77(90-74-36-32-57(64-28-16-40-87-80(64)53-22-10-4-11-23-53)46-69(74)70-47-58(33-37-75(70)90)65-29-17-41-88-81(65)54-24-12-5-13-25-54)76(49-66(71)59-42-60(82)48-61(83)43-59)89-72-34-30-55(62-26-14-38-85-78(62)51-18-6-2-7-19-51)44-67(72)68-45-56(31-35-73(68)89)63-27-15-39-86-79(63)52-20-8-3-9-21-52/h2-50H. The molecule has 0 bridgehead atoms. The van der Waals surface area contributed by atoms with Crippen molar-refractivity contribution in [1.29, 1.82) is 0 Å². The van der Waals surface area contributed by atoms with Crippen LogP contribution in [0, 0.1) is 18.2 Å². The molecule has 0 aliphatic carbocycles. The van der Waals surface area contributed by atoms with Gasteiger partial charge in [0.15, 0.2) is 5.69 Å². The molecular weight excluding hydrogens is 1110 g/mol. The SMILES string of the molecule is [C-]#[N+]c1cc(-n2c3ccc(-c4cccnc4-c4ccccc4)cc3c3cc(-c4cccnc4-c4ccccc4)ccc32)c(-n2c3ccc(-c4cccnc4-c4ccccc4)cc3c3cc(-c4cccnc4-c4ccccc4)ccc32)cc1-c1cc(F)cc(F)c1. The second-order valence-electron chi connectivity index (χ2n) is 22.3. The Bertz CT molecular complexity index is 5220. The van der Waals surface area contributed by atoms with Gasteiger partial charge in [0.25, 0.3) is 0 Å². The molecule has 6 heterocycles. The predicted molar refractivity (Wildman–Crippen MR) is 361 cm³/mol. The first-order chi connectivity index (χ1) is 44.4. The summed E-state index contributed by atoms with van der Waals surface area (Å²) in [6.07, 6.45) is 7.32. The molecule has 0 saturated heterocycles. The number of aromatic nitrogens is 6. The summed E-state index contributed by atoms with van der Waals surface area (Å²) < 4.78 is 35.7. The fraction of sp³-hybridized carbons (Fsp3) is 0. The maximum absolute atomic E-state index is 15.6. The molecule has 0 radical (unpaired) electrons. The third-order valence-electron chi connectivity index (χ3n) is 17.1. The van der Waals surface area contributed by atoms with Crippen molar-refractivity contribution >= 4 is 49.3 Å². The molecular formula is C81H49F2N7. The molecule has 0 atom stereocenters. The van der Waals surface area contributed by atoms with Crippen LogP contribution >= 0.6 is 0 Å². The lowest BCUT2D eigenvalue weighted by Crippen LogP contribution is -2.04. The number of halogens is 2. The van der Waals surface area contributed by atoms with E-state index in [4.69, 9.17) is 26.5 Å². The van der Waals surface area contributed by atoms with Crippen molar-refractivity contribution in [1.82, 2.24) is 29.1 Å². The Kier molecular flexibility index (Phi) is 13.2. The highest BCUT2D eigenvalue weighted by Crippen LogP contribution is 2.47. The van der Waals surface area contributed by atoms with Gasteiger partial charge in [0.2, 0.25) is 0 Å². The fourth-order valence-corrected chi connectivity index (χ4v) is 13.1. The molecule has 10 aromatic carbocycles. The first-order valence-electron chi connectivity index (χ1n) is 29.6. The van der Waals surface area contributed by atoms with Crippen molar-refractivity contribution in [2.45, 2.75) is 0 Å². The lowest BCUT2D eigenvalue weighted by atomic mass is 9.96. The summed E-state index contributed by atoms with van der Waals surface area (Å²) in [6, 6.07) is 90.7. The average Bonchev–Trinajstić information content (AvgIpc) is 1.57. The van der Waals surface area contributed by atoms with Crippen molar-refractivity contribution in [2.24, 2.45) is 0 Å². The molecule has 16 aromatic rings. The zero-order chi connectivity index (χ0) is 60.2. The normalized spacial score (nSPS) is 11.4. The summed E-state index contributed by atoms with van der Waals surface area (Å²) in [5.41, 5.74) is 20.8. The minimum absolute atomic E-state index is 0.216. The zero-order valence-corrected chi connectivity index (χ0v) is 48.2. The van der Waals surface area contributed by atoms with Crippen LogP contribution in [-0.2, 0) is 0 Å². The highest BCUT2D eigenvalue weighted by atomic mass is 19.1. The Hall–Kier alpha value is -12.3. The topological polar surface area (TPSA) is 65.8 Å². The quantitative estimate of drug-likeness (QED) is 0.121. The molecule has 0 spiro atoms. The van der Waals surface area contributed by atoms with Crippen molar-refractivity contribution in [2.75, 3.05) is 0 Å². The van der Waals surface area contributed by atoms with Gasteiger partial charge in [-0.1, -0.05) is 170 Å². The van der Waals surface area contributed by atoms with E-state index in [1.165, 1.54) is 12.1 Å². The monoisotopic (exact) mass is 1160 g/mol. The number of hydrogen-bond acceptors (Lipinski definition) is 4. The first kappa shape index (κ1) is 53.2. The minimum atomic E-state index is -0.749. The first-order valence-corrected chi connectivity index (χ1v) is 29.6. The van der Waals surface area contributed by atoms with Crippen molar-refractivity contribution < 1.29 is 8.78 Å². The van der Waals surface area contributed by atoms with E-state index in [0.717, 1.165) is 139 Å². The Morgan fingerprint density at radius 2 is 0.567 bits per heavy atom. The smallest absolute Gasteiger partial charge is 0.197 e. The Morgan fingerprint density at radius 1 is 0.267 bits per heavy atom. The number of nitrogens with zero attached hydrogens (tertiary/aromatic N) is 7. The largest absolute Gasteiger partial charge is 0.308 e. The van der Waals surface area contributed by atoms with Gasteiger partial charge in [-0.25, -0.2) is 13.6 Å². The molecule has 9 heteroatoms. The van der Waals surface area contributed by atoms with E-state index in [2.05, 4.69) is 160 Å². The van der Waals surface area contributed by atoms with Crippen LogP contribution in [0.15, 0.2) is 298 Å². The maximum Gasteiger partial charge on any atom is 0.197 e. The number of rotatable bonds is 11. The third-order valence-corrected chi connectivity index (χ3v) is 17.1. The summed E-state index contributed by atoms with van der Waals surface area (Å²) in [5, 5.41) is 3.81. The third kappa shape index (κ3) is 9.26. The number of hydrogen-bond donors (Lipinski definition) is 0. The molecule has 16 rings (SSSR count). The van der Waals surface area contributed by atoms with Crippen LogP contribution in [-0.4, -0.2) is 29.1 Å². The van der Waals surface area contributed by atoms with E-state index in [9.17, 15) is 0 Å². The molecule has 90 heavy (non-hydrogen) atoms. The van der Waals surface area contributed by atoms with Gasteiger partial charge in [0, 0.05) is 96.9 Å². The summed E-state index contributed by atoms with van der Waals surface area (Å²) in [5.74, 6) is -1.50. The van der Waals surface area contributed by atoms with Gasteiger partial charge in [0.05, 0.1) is 62.8 Å². The van der Waals surface area contributed by atoms with Crippen LogP contribution < -0.4 is 0 Å². The van der Waals surface area contributed by atoms with E-state index >= 15 is 8.78 Å². The van der Waals surface area contributed by atoms with Gasteiger partial charge in [-0.15, -0.1) is 0 Å². The molecule has 7 nitrogen and oxygen atoms in total. The molecule has 6 aromatic heterocycles. The summed E-state index contributed by atoms with van der Waals surface area (Å²) in [6.45, 7) is 8.89. The van der Waals surface area contributed by atoms with Gasteiger partial charge in [-0.3, -0.25) is 19.9 Å². The second-order valence-corrected chi connectivity index (χ2v) is 22.3. The molecule has 0 aliphatic rings. The van der Waals surface area contributed by atoms with E-state index in [0.29, 0.717) is 16.9 Å². The molecule has 0 unspecified atom stereocenters. The Morgan fingerprint density at radius 3 is 0.867 bits per heavy atom. The number of fused-ring (bicyclic) bond motifs is 6. The lowest BCUT2D eigenvalue weighted by molar-refractivity contribution is 0.584. The van der Waals surface area contributed by atoms with Crippen molar-refractivity contribution in [3.8, 4) is 112 Å². The van der Waals surface area contributed by atoms with Crippen LogP contribution in [0.3, 0.4) is 0 Å². The Labute approximate surface area is 517 Å². The van der Waals surface area contributed by atoms with Gasteiger partial charge in [-0.2, -0.15) is 0 Å². The van der Waals surface area contributed by atoms with E-state index in [1.807, 2.05) is 134 Å². The molecule has 0 aliphatic heterocycles. The molecule has 0 saturated carbocycles. The van der Waals surface area contributed by atoms with E-state index < -0.39 is 11.6 Å². The molecule has 0 amide bonds. The van der Waals surface area contributed by atoms with E-state index in [-0.39, 0.29) is 11.3 Å². The van der Waals surface area contributed by atoms with Crippen LogP contribution in [0.4, 0.5) is 14.5 Å². The fourth-order valence-electron chi connectivity index (χ4n) is 13.1. The summed E-state index contributed by atoms with van der Waals surface area (Å²) >= 11 is 0. The van der Waals surface area contributed by atoms with Crippen molar-refractivity contribution in [3.63, 3.8) is 0 Å². The van der Waals surface area contributed by atoms with Crippen LogP contribution in [0.2, 0.25) is 0 Å². The molecule has 0 N–H and O–H groups in total. The lowest BCUT2D eigenvalue weighted by Gasteiger charge is -2.20. The summed E-state index contributed by atoms with van der Waals surface area (Å²) in [4.78, 5) is 24.0. The van der Waals surface area contributed by atoms with E-state index in [1.54, 1.807) is 0 Å². The second kappa shape index (κ2) is 22.2. The van der Waals surface area contributed by atoms with Gasteiger partial charge in [-0.05, 0) is 130 Å². The molecule has 0 fully saturated rings. The van der Waals surface area contributed by atoms with Gasteiger partial charge < -0.3 is 9.13 Å². The van der Waals surface area contributed by atoms with Crippen LogP contribution in [0.5, 0.6) is 0 Å². The average molecular weight is 1160 g/mol. The number of benzene rings is 10. The summed E-state index contributed by atoms with van der Waals surface area (Å²) in [7, 11) is 0. The number of pyridine rings is 4.